The van der Waals surface area contributed by atoms with E-state index in [1.54, 1.807) is 39.0 Å². The first-order valence-corrected chi connectivity index (χ1v) is 9.99. The lowest BCUT2D eigenvalue weighted by Gasteiger charge is -2.22. The van der Waals surface area contributed by atoms with E-state index in [1.807, 2.05) is 0 Å². The van der Waals surface area contributed by atoms with E-state index in [4.69, 9.17) is 14.2 Å². The summed E-state index contributed by atoms with van der Waals surface area (Å²) in [6, 6.07) is 4.95. The molecule has 1 fully saturated rings. The van der Waals surface area contributed by atoms with E-state index in [-0.39, 0.29) is 6.79 Å². The molecule has 2 aliphatic rings. The van der Waals surface area contributed by atoms with Gasteiger partial charge in [-0.05, 0) is 38.5 Å². The molecule has 1 saturated carbocycles. The zero-order valence-corrected chi connectivity index (χ0v) is 15.8. The molecule has 0 aromatic heterocycles. The third-order valence-corrected chi connectivity index (χ3v) is 5.89. The Morgan fingerprint density at radius 1 is 1.31 bits per heavy atom. The number of nitrogens with one attached hydrogen (secondary N) is 1. The molecule has 8 nitrogen and oxygen atoms in total. The maximum atomic E-state index is 12.2. The Morgan fingerprint density at radius 3 is 2.54 bits per heavy atom. The van der Waals surface area contributed by atoms with Crippen molar-refractivity contribution in [2.75, 3.05) is 13.0 Å². The van der Waals surface area contributed by atoms with Crippen molar-refractivity contribution in [3.63, 3.8) is 0 Å². The SMILES string of the molecule is CC(C)(C)OC(=O)N[C@]1(C=O)[C@@H](c2ccc3c(c2)OCO3)[C@@H]1S(C)(=O)=O. The monoisotopic (exact) mass is 383 g/mol. The van der Waals surface area contributed by atoms with Crippen LogP contribution in [0.1, 0.15) is 32.3 Å². The van der Waals surface area contributed by atoms with Crippen molar-refractivity contribution in [3.05, 3.63) is 23.8 Å². The second-order valence-corrected chi connectivity index (χ2v) is 9.69. The van der Waals surface area contributed by atoms with Crippen LogP contribution in [0.4, 0.5) is 4.79 Å². The largest absolute Gasteiger partial charge is 0.454 e. The molecule has 0 unspecified atom stereocenters. The second kappa shape index (κ2) is 5.87. The maximum Gasteiger partial charge on any atom is 0.408 e. The molecular weight excluding hydrogens is 362 g/mol. The highest BCUT2D eigenvalue weighted by Gasteiger charge is 2.72. The lowest BCUT2D eigenvalue weighted by Crippen LogP contribution is -2.45. The van der Waals surface area contributed by atoms with E-state index < -0.39 is 38.2 Å². The molecule has 0 spiro atoms. The molecule has 1 heterocycles. The number of amides is 1. The van der Waals surface area contributed by atoms with Crippen LogP contribution in [-0.2, 0) is 19.4 Å². The van der Waals surface area contributed by atoms with Crippen LogP contribution in [0.2, 0.25) is 0 Å². The summed E-state index contributed by atoms with van der Waals surface area (Å²) in [5.41, 5.74) is -1.80. The second-order valence-electron chi connectivity index (χ2n) is 7.52. The number of carbonyl (C=O) groups excluding carboxylic acids is 2. The topological polar surface area (TPSA) is 108 Å². The summed E-state index contributed by atoms with van der Waals surface area (Å²) < 4.78 is 40.2. The Balaban J connectivity index is 1.94. The molecule has 0 bridgehead atoms. The lowest BCUT2D eigenvalue weighted by atomic mass is 10.1. The lowest BCUT2D eigenvalue weighted by molar-refractivity contribution is -0.110. The van der Waals surface area contributed by atoms with Crippen LogP contribution in [0.15, 0.2) is 18.2 Å². The van der Waals surface area contributed by atoms with Crippen molar-refractivity contribution < 1.29 is 32.2 Å². The van der Waals surface area contributed by atoms with Crippen molar-refractivity contribution in [1.29, 1.82) is 0 Å². The quantitative estimate of drug-likeness (QED) is 0.783. The van der Waals surface area contributed by atoms with Gasteiger partial charge in [-0.1, -0.05) is 6.07 Å². The van der Waals surface area contributed by atoms with E-state index in [1.165, 1.54) is 0 Å². The van der Waals surface area contributed by atoms with E-state index >= 15 is 0 Å². The number of carbonyl (C=O) groups is 2. The Kier molecular flexibility index (Phi) is 4.18. The normalized spacial score (nSPS) is 26.9. The summed E-state index contributed by atoms with van der Waals surface area (Å²) in [7, 11) is -3.62. The molecule has 1 aliphatic carbocycles. The van der Waals surface area contributed by atoms with Gasteiger partial charge in [0.25, 0.3) is 0 Å². The third-order valence-electron chi connectivity index (χ3n) is 4.31. The molecule has 1 amide bonds. The molecule has 1 aliphatic heterocycles. The minimum atomic E-state index is -3.62. The predicted octanol–water partition coefficient (Wildman–Crippen LogP) is 1.39. The zero-order valence-electron chi connectivity index (χ0n) is 14.9. The third kappa shape index (κ3) is 3.23. The maximum absolute atomic E-state index is 12.2. The van der Waals surface area contributed by atoms with E-state index in [9.17, 15) is 18.0 Å². The van der Waals surface area contributed by atoms with Crippen LogP contribution in [0, 0.1) is 0 Å². The summed E-state index contributed by atoms with van der Waals surface area (Å²) in [6.45, 7) is 5.11. The van der Waals surface area contributed by atoms with Crippen LogP contribution in [-0.4, -0.2) is 50.2 Å². The van der Waals surface area contributed by atoms with Crippen molar-refractivity contribution in [3.8, 4) is 11.5 Å². The van der Waals surface area contributed by atoms with Gasteiger partial charge >= 0.3 is 6.09 Å². The zero-order chi connectivity index (χ0) is 19.3. The van der Waals surface area contributed by atoms with Crippen LogP contribution in [0.25, 0.3) is 0 Å². The Bertz CT molecular complexity index is 858. The first-order chi connectivity index (χ1) is 12.0. The van der Waals surface area contributed by atoms with Gasteiger partial charge in [-0.15, -0.1) is 0 Å². The molecule has 0 radical (unpaired) electrons. The van der Waals surface area contributed by atoms with Crippen LogP contribution in [0.5, 0.6) is 11.5 Å². The average Bonchev–Trinajstić information content (AvgIpc) is 2.93. The number of alkyl carbamates (subject to hydrolysis) is 1. The summed E-state index contributed by atoms with van der Waals surface area (Å²) in [5.74, 6) is 0.276. The molecule has 3 atom stereocenters. The standard InChI is InChI=1S/C17H21NO7S/c1-16(2,3)25-15(20)18-17(8-19)13(14(17)26(4,21)22)10-5-6-11-12(7-10)24-9-23-11/h5-8,13-14H,9H2,1-4H3,(H,18,20)/t13-,14-,17+/m0/s1. The van der Waals surface area contributed by atoms with E-state index in [0.717, 1.165) is 6.26 Å². The molecule has 3 rings (SSSR count). The number of rotatable bonds is 4. The van der Waals surface area contributed by atoms with E-state index in [2.05, 4.69) is 5.32 Å². The van der Waals surface area contributed by atoms with Crippen molar-refractivity contribution in [1.82, 2.24) is 5.32 Å². The van der Waals surface area contributed by atoms with Crippen molar-refractivity contribution in [2.45, 2.75) is 43.1 Å². The smallest absolute Gasteiger partial charge is 0.408 e. The molecule has 1 aromatic rings. The fourth-order valence-corrected chi connectivity index (χ4v) is 5.10. The first kappa shape index (κ1) is 18.5. The Morgan fingerprint density at radius 2 is 1.96 bits per heavy atom. The van der Waals surface area contributed by atoms with Gasteiger partial charge in [-0.3, -0.25) is 0 Å². The van der Waals surface area contributed by atoms with Crippen molar-refractivity contribution in [2.24, 2.45) is 0 Å². The number of benzene rings is 1. The molecule has 26 heavy (non-hydrogen) atoms. The highest BCUT2D eigenvalue weighted by molar-refractivity contribution is 7.91. The summed E-state index contributed by atoms with van der Waals surface area (Å²) in [5, 5.41) is 1.38. The fraction of sp³-hybridized carbons (Fsp3) is 0.529. The van der Waals surface area contributed by atoms with Crippen LogP contribution in [0.3, 0.4) is 0 Å². The number of sulfone groups is 1. The van der Waals surface area contributed by atoms with Crippen molar-refractivity contribution >= 4 is 22.2 Å². The van der Waals surface area contributed by atoms with E-state index in [0.29, 0.717) is 23.3 Å². The summed E-state index contributed by atoms with van der Waals surface area (Å²) in [6.07, 6.45) is 0.666. The molecular formula is C17H21NO7S. The number of hydrogen-bond acceptors (Lipinski definition) is 7. The van der Waals surface area contributed by atoms with Gasteiger partial charge < -0.3 is 24.3 Å². The van der Waals surface area contributed by atoms with Crippen LogP contribution >= 0.6 is 0 Å². The highest BCUT2D eigenvalue weighted by Crippen LogP contribution is 2.55. The van der Waals surface area contributed by atoms with Crippen LogP contribution < -0.4 is 14.8 Å². The highest BCUT2D eigenvalue weighted by atomic mass is 32.2. The minimum absolute atomic E-state index is 0.0773. The first-order valence-electron chi connectivity index (χ1n) is 8.04. The molecule has 9 heteroatoms. The molecule has 142 valence electrons. The molecule has 0 saturated heterocycles. The van der Waals surface area contributed by atoms with Gasteiger partial charge in [0, 0.05) is 12.2 Å². The van der Waals surface area contributed by atoms with Gasteiger partial charge in [0.2, 0.25) is 6.79 Å². The van der Waals surface area contributed by atoms with Gasteiger partial charge in [-0.25, -0.2) is 13.2 Å². The number of ether oxygens (including phenoxy) is 3. The minimum Gasteiger partial charge on any atom is -0.454 e. The average molecular weight is 383 g/mol. The number of hydrogen-bond donors (Lipinski definition) is 1. The predicted molar refractivity (Wildman–Crippen MR) is 92.1 cm³/mol. The number of aldehydes is 1. The Labute approximate surface area is 151 Å². The fourth-order valence-electron chi connectivity index (χ4n) is 3.33. The van der Waals surface area contributed by atoms with Gasteiger partial charge in [0.15, 0.2) is 21.3 Å². The Hall–Kier alpha value is -2.29. The van der Waals surface area contributed by atoms with Gasteiger partial charge in [0.05, 0.1) is 0 Å². The van der Waals surface area contributed by atoms with Gasteiger partial charge in [-0.2, -0.15) is 0 Å². The van der Waals surface area contributed by atoms with Gasteiger partial charge in [0.1, 0.15) is 22.7 Å². The molecule has 1 aromatic carbocycles. The summed E-state index contributed by atoms with van der Waals surface area (Å²) in [4.78, 5) is 24.1. The number of fused-ring (bicyclic) bond motifs is 1. The molecule has 1 N–H and O–H groups in total. The summed E-state index contributed by atoms with van der Waals surface area (Å²) >= 11 is 0.